The van der Waals surface area contributed by atoms with Crippen molar-refractivity contribution in [2.75, 3.05) is 19.7 Å². The van der Waals surface area contributed by atoms with Gasteiger partial charge in [0.1, 0.15) is 0 Å². The van der Waals surface area contributed by atoms with Gasteiger partial charge in [-0.2, -0.15) is 0 Å². The summed E-state index contributed by atoms with van der Waals surface area (Å²) in [5, 5.41) is 0.994. The first-order valence-corrected chi connectivity index (χ1v) is 8.31. The molecule has 2 aromatic rings. The maximum absolute atomic E-state index is 12.3. The normalized spacial score (nSPS) is 23.8. The number of para-hydroxylation sites is 1. The summed E-state index contributed by atoms with van der Waals surface area (Å²) in [5.74, 6) is 0.0539. The molecule has 4 rings (SSSR count). The Kier molecular flexibility index (Phi) is 3.33. The Morgan fingerprint density at radius 1 is 1.36 bits per heavy atom. The minimum Gasteiger partial charge on any atom is -0.465 e. The first-order valence-electron chi connectivity index (χ1n) is 7.49. The summed E-state index contributed by atoms with van der Waals surface area (Å²) in [6.07, 6.45) is 1.11. The predicted octanol–water partition coefficient (Wildman–Crippen LogP) is 1.86. The third-order valence-electron chi connectivity index (χ3n) is 4.43. The lowest BCUT2D eigenvalue weighted by atomic mass is 10.0. The number of carbonyl (C=O) groups is 2. The number of aryl methyl sites for hydroxylation is 1. The number of fused-ring (bicyclic) bond motifs is 2. The van der Waals surface area contributed by atoms with Crippen LogP contribution >= 0.6 is 11.3 Å². The van der Waals surface area contributed by atoms with Gasteiger partial charge in [-0.1, -0.05) is 12.1 Å². The van der Waals surface area contributed by atoms with Crippen molar-refractivity contribution in [2.45, 2.75) is 12.8 Å². The Hall–Kier alpha value is -1.95. The number of nitrogens with zero attached hydrogens (tertiary/aromatic N) is 2. The first kappa shape index (κ1) is 13.7. The van der Waals surface area contributed by atoms with E-state index >= 15 is 0 Å². The second-order valence-electron chi connectivity index (χ2n) is 5.87. The van der Waals surface area contributed by atoms with Crippen molar-refractivity contribution in [3.05, 3.63) is 29.3 Å². The number of benzene rings is 1. The Labute approximate surface area is 131 Å². The standard InChI is InChI=1S/C16H16N2O3S/c19-15(18-7-10-9-21-16(20)11(10)8-18)6-5-14-17-12-3-1-2-4-13(12)22-14/h1-4,10-11H,5-9H2/t10-,11-/m1/s1. The molecule has 1 amide bonds. The fourth-order valence-corrected chi connectivity index (χ4v) is 4.17. The van der Waals surface area contributed by atoms with Gasteiger partial charge in [-0.3, -0.25) is 9.59 Å². The van der Waals surface area contributed by atoms with Crippen LogP contribution in [0.3, 0.4) is 0 Å². The average molecular weight is 316 g/mol. The van der Waals surface area contributed by atoms with E-state index in [4.69, 9.17) is 4.74 Å². The molecule has 0 aliphatic carbocycles. The van der Waals surface area contributed by atoms with Crippen molar-refractivity contribution in [3.8, 4) is 0 Å². The lowest BCUT2D eigenvalue weighted by Gasteiger charge is -2.16. The highest BCUT2D eigenvalue weighted by Gasteiger charge is 2.45. The van der Waals surface area contributed by atoms with E-state index in [0.29, 0.717) is 32.5 Å². The topological polar surface area (TPSA) is 59.5 Å². The van der Waals surface area contributed by atoms with E-state index < -0.39 is 0 Å². The lowest BCUT2D eigenvalue weighted by Crippen LogP contribution is -2.31. The molecule has 0 saturated carbocycles. The number of likely N-dealkylation sites (tertiary alicyclic amines) is 1. The number of hydrogen-bond donors (Lipinski definition) is 0. The van der Waals surface area contributed by atoms with E-state index in [0.717, 1.165) is 15.2 Å². The molecule has 2 aliphatic heterocycles. The highest BCUT2D eigenvalue weighted by atomic mass is 32.1. The number of aromatic nitrogens is 1. The number of rotatable bonds is 3. The number of esters is 1. The van der Waals surface area contributed by atoms with Gasteiger partial charge in [0.2, 0.25) is 5.91 Å². The highest BCUT2D eigenvalue weighted by molar-refractivity contribution is 7.18. The van der Waals surface area contributed by atoms with Gasteiger partial charge in [0, 0.05) is 31.8 Å². The molecule has 5 nitrogen and oxygen atoms in total. The predicted molar refractivity (Wildman–Crippen MR) is 82.5 cm³/mol. The van der Waals surface area contributed by atoms with Crippen LogP contribution in [0.2, 0.25) is 0 Å². The van der Waals surface area contributed by atoms with Crippen molar-refractivity contribution < 1.29 is 14.3 Å². The molecule has 1 aromatic carbocycles. The second kappa shape index (κ2) is 5.35. The van der Waals surface area contributed by atoms with Gasteiger partial charge in [-0.15, -0.1) is 11.3 Å². The van der Waals surface area contributed by atoms with E-state index in [-0.39, 0.29) is 23.7 Å². The van der Waals surface area contributed by atoms with Gasteiger partial charge < -0.3 is 9.64 Å². The van der Waals surface area contributed by atoms with Crippen LogP contribution in [0.25, 0.3) is 10.2 Å². The van der Waals surface area contributed by atoms with Crippen molar-refractivity contribution in [2.24, 2.45) is 11.8 Å². The molecule has 114 valence electrons. The summed E-state index contributed by atoms with van der Waals surface area (Å²) in [4.78, 5) is 30.2. The van der Waals surface area contributed by atoms with E-state index in [1.807, 2.05) is 29.2 Å². The maximum Gasteiger partial charge on any atom is 0.311 e. The fraction of sp³-hybridized carbons (Fsp3) is 0.438. The third kappa shape index (κ3) is 2.37. The van der Waals surface area contributed by atoms with Gasteiger partial charge in [-0.25, -0.2) is 4.98 Å². The molecule has 6 heteroatoms. The molecule has 2 aliphatic rings. The molecule has 1 aromatic heterocycles. The van der Waals surface area contributed by atoms with Crippen molar-refractivity contribution >= 4 is 33.4 Å². The zero-order valence-corrected chi connectivity index (χ0v) is 12.8. The number of amides is 1. The molecule has 2 atom stereocenters. The summed E-state index contributed by atoms with van der Waals surface area (Å²) >= 11 is 1.64. The fourth-order valence-electron chi connectivity index (χ4n) is 3.21. The highest BCUT2D eigenvalue weighted by Crippen LogP contribution is 2.31. The van der Waals surface area contributed by atoms with Crippen LogP contribution in [-0.2, 0) is 20.7 Å². The Morgan fingerprint density at radius 3 is 3.05 bits per heavy atom. The smallest absolute Gasteiger partial charge is 0.311 e. The summed E-state index contributed by atoms with van der Waals surface area (Å²) in [6.45, 7) is 1.63. The molecule has 0 N–H and O–H groups in total. The van der Waals surface area contributed by atoms with E-state index in [2.05, 4.69) is 4.98 Å². The molecular weight excluding hydrogens is 300 g/mol. The molecule has 2 saturated heterocycles. The van der Waals surface area contributed by atoms with Gasteiger partial charge in [0.25, 0.3) is 0 Å². The summed E-state index contributed by atoms with van der Waals surface area (Å²) in [5.41, 5.74) is 0.994. The zero-order valence-electron chi connectivity index (χ0n) is 12.0. The van der Waals surface area contributed by atoms with Gasteiger partial charge >= 0.3 is 5.97 Å². The minimum absolute atomic E-state index is 0.105. The Bertz CT molecular complexity index is 709. The number of carbonyl (C=O) groups excluding carboxylic acids is 2. The van der Waals surface area contributed by atoms with Crippen LogP contribution in [0, 0.1) is 11.8 Å². The van der Waals surface area contributed by atoms with Crippen LogP contribution in [0.5, 0.6) is 0 Å². The summed E-state index contributed by atoms with van der Waals surface area (Å²) < 4.78 is 6.18. The Morgan fingerprint density at radius 2 is 2.23 bits per heavy atom. The molecule has 0 bridgehead atoms. The van der Waals surface area contributed by atoms with Crippen molar-refractivity contribution in [1.29, 1.82) is 0 Å². The summed E-state index contributed by atoms with van der Waals surface area (Å²) in [6, 6.07) is 8.01. The number of ether oxygens (including phenoxy) is 1. The lowest BCUT2D eigenvalue weighted by molar-refractivity contribution is -0.142. The average Bonchev–Trinajstić information content (AvgIpc) is 3.20. The van der Waals surface area contributed by atoms with Crippen LogP contribution in [-0.4, -0.2) is 41.5 Å². The summed E-state index contributed by atoms with van der Waals surface area (Å²) in [7, 11) is 0. The molecule has 0 spiro atoms. The SMILES string of the molecule is O=C1OC[C@H]2CN(C(=O)CCc3nc4ccccc4s3)C[C@@H]12. The van der Waals surface area contributed by atoms with Crippen molar-refractivity contribution in [3.63, 3.8) is 0 Å². The molecule has 22 heavy (non-hydrogen) atoms. The van der Waals surface area contributed by atoms with Crippen LogP contribution < -0.4 is 0 Å². The Balaban J connectivity index is 1.37. The van der Waals surface area contributed by atoms with E-state index in [9.17, 15) is 9.59 Å². The van der Waals surface area contributed by atoms with Gasteiger partial charge in [-0.05, 0) is 12.1 Å². The number of cyclic esters (lactones) is 1. The largest absolute Gasteiger partial charge is 0.465 e. The zero-order chi connectivity index (χ0) is 15.1. The first-order chi connectivity index (χ1) is 10.7. The van der Waals surface area contributed by atoms with Crippen LogP contribution in [0.15, 0.2) is 24.3 Å². The third-order valence-corrected chi connectivity index (χ3v) is 5.52. The van der Waals surface area contributed by atoms with E-state index in [1.54, 1.807) is 11.3 Å². The van der Waals surface area contributed by atoms with Crippen molar-refractivity contribution in [1.82, 2.24) is 9.88 Å². The number of hydrogen-bond acceptors (Lipinski definition) is 5. The molecule has 0 unspecified atom stereocenters. The number of thiazole rings is 1. The van der Waals surface area contributed by atoms with Gasteiger partial charge in [0.05, 0.1) is 27.7 Å². The van der Waals surface area contributed by atoms with E-state index in [1.165, 1.54) is 0 Å². The quantitative estimate of drug-likeness (QED) is 0.811. The molecule has 3 heterocycles. The molecular formula is C16H16N2O3S. The molecule has 0 radical (unpaired) electrons. The maximum atomic E-state index is 12.3. The monoisotopic (exact) mass is 316 g/mol. The minimum atomic E-state index is -0.147. The van der Waals surface area contributed by atoms with Crippen LogP contribution in [0.4, 0.5) is 0 Å². The van der Waals surface area contributed by atoms with Crippen LogP contribution in [0.1, 0.15) is 11.4 Å². The second-order valence-corrected chi connectivity index (χ2v) is 6.99. The van der Waals surface area contributed by atoms with Gasteiger partial charge in [0.15, 0.2) is 0 Å². The molecule has 2 fully saturated rings.